The van der Waals surface area contributed by atoms with Crippen LogP contribution >= 0.6 is 11.8 Å². The van der Waals surface area contributed by atoms with Crippen molar-refractivity contribution >= 4 is 11.8 Å². The molecule has 0 fully saturated rings. The van der Waals surface area contributed by atoms with E-state index in [1.54, 1.807) is 20.3 Å². The van der Waals surface area contributed by atoms with Crippen LogP contribution in [0.1, 0.15) is 30.4 Å². The van der Waals surface area contributed by atoms with Crippen LogP contribution in [0.5, 0.6) is 23.0 Å². The van der Waals surface area contributed by atoms with Gasteiger partial charge < -0.3 is 19.3 Å². The summed E-state index contributed by atoms with van der Waals surface area (Å²) in [6, 6.07) is 11.6. The highest BCUT2D eigenvalue weighted by atomic mass is 32.2. The van der Waals surface area contributed by atoms with E-state index in [-0.39, 0.29) is 11.7 Å². The van der Waals surface area contributed by atoms with Crippen LogP contribution in [-0.4, -0.2) is 37.9 Å². The van der Waals surface area contributed by atoms with Gasteiger partial charge in [0, 0.05) is 0 Å². The summed E-state index contributed by atoms with van der Waals surface area (Å²) >= 11 is 1.84. The normalized spacial score (nSPS) is 11.8. The van der Waals surface area contributed by atoms with Crippen LogP contribution in [0.15, 0.2) is 36.4 Å². The minimum atomic E-state index is 0.159. The van der Waals surface area contributed by atoms with Gasteiger partial charge in [-0.2, -0.15) is 11.8 Å². The van der Waals surface area contributed by atoms with E-state index in [2.05, 4.69) is 25.3 Å². The average Bonchev–Trinajstić information content (AvgIpc) is 2.66. The maximum absolute atomic E-state index is 9.72. The summed E-state index contributed by atoms with van der Waals surface area (Å²) in [4.78, 5) is 0. The minimum Gasteiger partial charge on any atom is -0.504 e. The molecule has 2 aromatic carbocycles. The molecule has 4 nitrogen and oxygen atoms in total. The number of hydrogen-bond donors (Lipinski definition) is 1. The minimum absolute atomic E-state index is 0.159. The summed E-state index contributed by atoms with van der Waals surface area (Å²) < 4.78 is 16.6. The quantitative estimate of drug-likeness (QED) is 0.640. The second kappa shape index (κ2) is 10.2. The number of benzene rings is 2. The fourth-order valence-corrected chi connectivity index (χ4v) is 3.16. The molecule has 5 heteroatoms. The maximum atomic E-state index is 9.72. The van der Waals surface area contributed by atoms with E-state index in [1.807, 2.05) is 30.0 Å². The van der Waals surface area contributed by atoms with Crippen molar-refractivity contribution in [1.82, 2.24) is 0 Å². The Morgan fingerprint density at radius 3 is 2.46 bits per heavy atom. The first-order valence-corrected chi connectivity index (χ1v) is 10.1. The van der Waals surface area contributed by atoms with Gasteiger partial charge in [-0.05, 0) is 66.2 Å². The number of methoxy groups -OCH3 is 2. The number of aryl methyl sites for hydroxylation is 1. The number of ether oxygens (including phenoxy) is 3. The van der Waals surface area contributed by atoms with E-state index in [1.165, 1.54) is 5.56 Å². The second-order valence-electron chi connectivity index (χ2n) is 6.20. The molecule has 1 unspecified atom stereocenters. The van der Waals surface area contributed by atoms with E-state index in [0.29, 0.717) is 12.4 Å². The van der Waals surface area contributed by atoms with Gasteiger partial charge >= 0.3 is 0 Å². The van der Waals surface area contributed by atoms with E-state index < -0.39 is 0 Å². The second-order valence-corrected chi connectivity index (χ2v) is 7.18. The van der Waals surface area contributed by atoms with Crippen molar-refractivity contribution in [2.75, 3.05) is 32.8 Å². The zero-order chi connectivity index (χ0) is 18.9. The van der Waals surface area contributed by atoms with Gasteiger partial charge in [-0.25, -0.2) is 0 Å². The molecule has 0 heterocycles. The molecule has 2 rings (SSSR count). The Bertz CT molecular complexity index is 702. The molecule has 0 saturated carbocycles. The van der Waals surface area contributed by atoms with Gasteiger partial charge in [0.1, 0.15) is 0 Å². The molecular formula is C21H28O4S. The Morgan fingerprint density at radius 2 is 1.77 bits per heavy atom. The molecule has 0 aromatic heterocycles. The third kappa shape index (κ3) is 5.49. The average molecular weight is 377 g/mol. The van der Waals surface area contributed by atoms with Crippen molar-refractivity contribution in [2.45, 2.75) is 25.7 Å². The largest absolute Gasteiger partial charge is 0.504 e. The predicted octanol–water partition coefficient (Wildman–Crippen LogP) is 4.89. The molecule has 0 aliphatic heterocycles. The van der Waals surface area contributed by atoms with Crippen LogP contribution in [-0.2, 0) is 6.42 Å². The first-order valence-electron chi connectivity index (χ1n) is 8.74. The van der Waals surface area contributed by atoms with Crippen molar-refractivity contribution in [3.63, 3.8) is 0 Å². The topological polar surface area (TPSA) is 47.9 Å². The lowest BCUT2D eigenvalue weighted by Gasteiger charge is -2.16. The van der Waals surface area contributed by atoms with E-state index in [9.17, 15) is 5.11 Å². The molecule has 0 spiro atoms. The number of aromatic hydroxyl groups is 1. The van der Waals surface area contributed by atoms with Gasteiger partial charge in [-0.1, -0.05) is 19.1 Å². The summed E-state index contributed by atoms with van der Waals surface area (Å²) in [7, 11) is 3.22. The van der Waals surface area contributed by atoms with Crippen LogP contribution in [0.3, 0.4) is 0 Å². The van der Waals surface area contributed by atoms with Crippen molar-refractivity contribution in [1.29, 1.82) is 0 Å². The highest BCUT2D eigenvalue weighted by Gasteiger charge is 2.11. The number of phenolic OH excluding ortho intramolecular Hbond substituents is 1. The summed E-state index contributed by atoms with van der Waals surface area (Å²) in [5.74, 6) is 3.59. The number of hydrogen-bond acceptors (Lipinski definition) is 5. The molecule has 0 aliphatic carbocycles. The summed E-state index contributed by atoms with van der Waals surface area (Å²) in [6.45, 7) is 2.73. The first-order chi connectivity index (χ1) is 12.6. The van der Waals surface area contributed by atoms with Gasteiger partial charge in [-0.3, -0.25) is 0 Å². The lowest BCUT2D eigenvalue weighted by atomic mass is 9.98. The van der Waals surface area contributed by atoms with Crippen LogP contribution < -0.4 is 14.2 Å². The van der Waals surface area contributed by atoms with Crippen molar-refractivity contribution in [2.24, 2.45) is 0 Å². The lowest BCUT2D eigenvalue weighted by molar-refractivity contribution is 0.281. The van der Waals surface area contributed by atoms with Crippen molar-refractivity contribution in [3.05, 3.63) is 47.5 Å². The molecule has 0 bridgehead atoms. The Balaban J connectivity index is 1.97. The molecule has 0 aliphatic rings. The zero-order valence-corrected chi connectivity index (χ0v) is 16.8. The third-order valence-electron chi connectivity index (χ3n) is 4.40. The van der Waals surface area contributed by atoms with Gasteiger partial charge in [0.25, 0.3) is 0 Å². The first kappa shape index (κ1) is 20.3. The van der Waals surface area contributed by atoms with Gasteiger partial charge in [0.05, 0.1) is 20.8 Å². The van der Waals surface area contributed by atoms with E-state index >= 15 is 0 Å². The fourth-order valence-electron chi connectivity index (χ4n) is 2.72. The highest BCUT2D eigenvalue weighted by Crippen LogP contribution is 2.32. The summed E-state index contributed by atoms with van der Waals surface area (Å²) in [5.41, 5.74) is 2.37. The van der Waals surface area contributed by atoms with Crippen LogP contribution in [0.2, 0.25) is 0 Å². The molecule has 1 N–H and O–H groups in total. The zero-order valence-electron chi connectivity index (χ0n) is 16.0. The number of rotatable bonds is 10. The van der Waals surface area contributed by atoms with Crippen LogP contribution in [0.4, 0.5) is 0 Å². The van der Waals surface area contributed by atoms with Crippen LogP contribution in [0, 0.1) is 0 Å². The molecule has 0 amide bonds. The van der Waals surface area contributed by atoms with Crippen LogP contribution in [0.25, 0.3) is 0 Å². The summed E-state index contributed by atoms with van der Waals surface area (Å²) in [5, 5.41) is 9.72. The Labute approximate surface area is 160 Å². The SMILES string of the molecule is COc1cc(C(C)CCOc2cc(CCSC)ccc2OC)ccc1O. The molecule has 0 radical (unpaired) electrons. The molecule has 1 atom stereocenters. The van der Waals surface area contributed by atoms with Gasteiger partial charge in [0.2, 0.25) is 0 Å². The lowest BCUT2D eigenvalue weighted by Crippen LogP contribution is -2.05. The fraction of sp³-hybridized carbons (Fsp3) is 0.429. The van der Waals surface area contributed by atoms with E-state index in [0.717, 1.165) is 35.7 Å². The highest BCUT2D eigenvalue weighted by molar-refractivity contribution is 7.98. The Kier molecular flexibility index (Phi) is 7.98. The molecule has 26 heavy (non-hydrogen) atoms. The van der Waals surface area contributed by atoms with Crippen molar-refractivity contribution in [3.8, 4) is 23.0 Å². The van der Waals surface area contributed by atoms with Crippen molar-refractivity contribution < 1.29 is 19.3 Å². The number of thioether (sulfide) groups is 1. The Hall–Kier alpha value is -2.01. The van der Waals surface area contributed by atoms with E-state index in [4.69, 9.17) is 14.2 Å². The van der Waals surface area contributed by atoms with Gasteiger partial charge in [0.15, 0.2) is 23.0 Å². The summed E-state index contributed by atoms with van der Waals surface area (Å²) in [6.07, 6.45) is 3.98. The molecule has 2 aromatic rings. The smallest absolute Gasteiger partial charge is 0.161 e. The maximum Gasteiger partial charge on any atom is 0.161 e. The molecule has 0 saturated heterocycles. The Morgan fingerprint density at radius 1 is 1.00 bits per heavy atom. The third-order valence-corrected chi connectivity index (χ3v) is 5.02. The molecular weight excluding hydrogens is 348 g/mol. The number of phenols is 1. The molecule has 142 valence electrons. The monoisotopic (exact) mass is 376 g/mol. The standard InChI is InChI=1S/C21H28O4S/c1-15(17-6-7-18(22)20(14-17)24-3)9-11-25-21-13-16(10-12-26-4)5-8-19(21)23-2/h5-8,13-15,22H,9-12H2,1-4H3. The predicted molar refractivity (Wildman–Crippen MR) is 108 cm³/mol. The van der Waals surface area contributed by atoms with Gasteiger partial charge in [-0.15, -0.1) is 0 Å².